The fourth-order valence-electron chi connectivity index (χ4n) is 3.68. The van der Waals surface area contributed by atoms with Crippen molar-refractivity contribution in [1.29, 1.82) is 0 Å². The number of carbonyl (C=O) groups excluding carboxylic acids is 2. The number of aliphatic hydroxyl groups is 1. The molecule has 4 rings (SSSR count). The molecule has 0 radical (unpaired) electrons. The number of hydrogen-bond donors (Lipinski definition) is 1. The smallest absolute Gasteiger partial charge is 0.294 e. The van der Waals surface area contributed by atoms with Crippen molar-refractivity contribution in [3.05, 3.63) is 113 Å². The zero-order chi connectivity index (χ0) is 22.7. The van der Waals surface area contributed by atoms with Crippen molar-refractivity contribution in [1.82, 2.24) is 0 Å². The van der Waals surface area contributed by atoms with E-state index in [1.54, 1.807) is 36.4 Å². The van der Waals surface area contributed by atoms with E-state index in [1.165, 1.54) is 36.3 Å². The Morgan fingerprint density at radius 3 is 2.31 bits per heavy atom. The predicted octanol–water partition coefficient (Wildman–Crippen LogP) is 5.02. The molecule has 3 aromatic rings. The average Bonchev–Trinajstić information content (AvgIpc) is 3.09. The van der Waals surface area contributed by atoms with Crippen LogP contribution < -0.4 is 9.64 Å². The summed E-state index contributed by atoms with van der Waals surface area (Å²) in [6, 6.07) is 20.4. The van der Waals surface area contributed by atoms with Gasteiger partial charge in [-0.15, -0.1) is 0 Å². The molecule has 1 aliphatic heterocycles. The van der Waals surface area contributed by atoms with Gasteiger partial charge in [0.1, 0.15) is 11.6 Å². The average molecular weight is 429 g/mol. The molecule has 0 aromatic heterocycles. The van der Waals surface area contributed by atoms with Gasteiger partial charge in [-0.2, -0.15) is 0 Å². The third-order valence-electron chi connectivity index (χ3n) is 5.25. The second kappa shape index (κ2) is 8.89. The van der Waals surface area contributed by atoms with Gasteiger partial charge < -0.3 is 9.84 Å². The molecule has 1 N–H and O–H groups in total. The van der Waals surface area contributed by atoms with Crippen LogP contribution in [0.15, 0.2) is 96.3 Å². The lowest BCUT2D eigenvalue weighted by molar-refractivity contribution is -0.117. The molecule has 0 saturated carbocycles. The molecule has 32 heavy (non-hydrogen) atoms. The third kappa shape index (κ3) is 3.90. The number of ketones is 1. The number of methoxy groups -OCH3 is 1. The Bertz CT molecular complexity index is 1220. The van der Waals surface area contributed by atoms with Gasteiger partial charge in [-0.1, -0.05) is 54.6 Å². The van der Waals surface area contributed by atoms with Gasteiger partial charge in [-0.25, -0.2) is 4.39 Å². The first kappa shape index (κ1) is 21.1. The van der Waals surface area contributed by atoms with Crippen LogP contribution in [0.4, 0.5) is 10.1 Å². The van der Waals surface area contributed by atoms with Gasteiger partial charge in [-0.3, -0.25) is 14.5 Å². The fraction of sp³-hybridized carbons (Fsp3) is 0.0769. The lowest BCUT2D eigenvalue weighted by Gasteiger charge is -2.27. The van der Waals surface area contributed by atoms with Gasteiger partial charge in [0.05, 0.1) is 18.7 Å². The molecule has 3 aromatic carbocycles. The van der Waals surface area contributed by atoms with Crippen molar-refractivity contribution in [2.24, 2.45) is 0 Å². The number of anilines is 1. The summed E-state index contributed by atoms with van der Waals surface area (Å²) in [5, 5.41) is 10.7. The molecule has 5 nitrogen and oxygen atoms in total. The van der Waals surface area contributed by atoms with E-state index in [2.05, 4.69) is 0 Å². The molecule has 0 aliphatic carbocycles. The van der Waals surface area contributed by atoms with E-state index >= 15 is 0 Å². The summed E-state index contributed by atoms with van der Waals surface area (Å²) in [5.41, 5.74) is 1.10. The zero-order valence-corrected chi connectivity index (χ0v) is 17.2. The van der Waals surface area contributed by atoms with Gasteiger partial charge >= 0.3 is 0 Å². The van der Waals surface area contributed by atoms with E-state index in [4.69, 9.17) is 4.74 Å². The standard InChI is InChI=1S/C26H20FNO4/c1-32-19-14-12-18(13-15-19)28-24(20-9-5-6-10-21(20)27)23(25(30)26(28)31)22(29)16-11-17-7-3-2-4-8-17/h2-16,24,30H,1H3/b16-11+/t24-/m1/s1. The number of halogens is 1. The van der Waals surface area contributed by atoms with Crippen molar-refractivity contribution in [3.63, 3.8) is 0 Å². The minimum absolute atomic E-state index is 0.108. The Morgan fingerprint density at radius 2 is 1.66 bits per heavy atom. The summed E-state index contributed by atoms with van der Waals surface area (Å²) in [5.74, 6) is -2.07. The third-order valence-corrected chi connectivity index (χ3v) is 5.25. The number of rotatable bonds is 6. The molecular weight excluding hydrogens is 409 g/mol. The van der Waals surface area contributed by atoms with Crippen LogP contribution in [0.25, 0.3) is 6.08 Å². The van der Waals surface area contributed by atoms with E-state index in [9.17, 15) is 19.1 Å². The molecule has 0 bridgehead atoms. The van der Waals surface area contributed by atoms with E-state index in [0.717, 1.165) is 5.56 Å². The van der Waals surface area contributed by atoms with E-state index in [-0.39, 0.29) is 11.1 Å². The number of nitrogens with zero attached hydrogens (tertiary/aromatic N) is 1. The molecule has 1 heterocycles. The van der Waals surface area contributed by atoms with E-state index in [1.807, 2.05) is 30.3 Å². The molecule has 0 unspecified atom stereocenters. The maximum Gasteiger partial charge on any atom is 0.294 e. The molecule has 0 spiro atoms. The van der Waals surface area contributed by atoms with Crippen molar-refractivity contribution in [3.8, 4) is 5.75 Å². The molecule has 0 saturated heterocycles. The Balaban J connectivity index is 1.79. The van der Waals surface area contributed by atoms with Gasteiger partial charge in [-0.05, 0) is 42.0 Å². The minimum Gasteiger partial charge on any atom is -0.503 e. The first-order chi connectivity index (χ1) is 15.5. The molecule has 1 atom stereocenters. The highest BCUT2D eigenvalue weighted by Gasteiger charge is 2.44. The largest absolute Gasteiger partial charge is 0.503 e. The lowest BCUT2D eigenvalue weighted by atomic mass is 9.95. The normalized spacial score (nSPS) is 16.1. The van der Waals surface area contributed by atoms with Gasteiger partial charge in [0, 0.05) is 11.3 Å². The van der Waals surface area contributed by atoms with Gasteiger partial charge in [0.15, 0.2) is 11.5 Å². The predicted molar refractivity (Wildman–Crippen MR) is 120 cm³/mol. The Kier molecular flexibility index (Phi) is 5.85. The van der Waals surface area contributed by atoms with Crippen LogP contribution >= 0.6 is 0 Å². The molecule has 1 amide bonds. The van der Waals surface area contributed by atoms with Crippen molar-refractivity contribution in [2.75, 3.05) is 12.0 Å². The van der Waals surface area contributed by atoms with E-state index < -0.39 is 29.3 Å². The van der Waals surface area contributed by atoms with Gasteiger partial charge in [0.2, 0.25) is 0 Å². The number of benzene rings is 3. The second-order valence-corrected chi connectivity index (χ2v) is 7.17. The number of carbonyl (C=O) groups is 2. The lowest BCUT2D eigenvalue weighted by Crippen LogP contribution is -2.31. The Labute approximate surface area is 184 Å². The summed E-state index contributed by atoms with van der Waals surface area (Å²) >= 11 is 0. The zero-order valence-electron chi connectivity index (χ0n) is 17.2. The molecule has 1 aliphatic rings. The fourth-order valence-corrected chi connectivity index (χ4v) is 3.68. The first-order valence-electron chi connectivity index (χ1n) is 9.94. The number of ether oxygens (including phenoxy) is 1. The molecular formula is C26H20FNO4. The number of aliphatic hydroxyl groups excluding tert-OH is 1. The van der Waals surface area contributed by atoms with Crippen LogP contribution in [-0.4, -0.2) is 23.9 Å². The maximum atomic E-state index is 14.8. The van der Waals surface area contributed by atoms with Crippen LogP contribution in [0.3, 0.4) is 0 Å². The first-order valence-corrected chi connectivity index (χ1v) is 9.94. The second-order valence-electron chi connectivity index (χ2n) is 7.17. The summed E-state index contributed by atoms with van der Waals surface area (Å²) in [6.45, 7) is 0. The van der Waals surface area contributed by atoms with Crippen molar-refractivity contribution in [2.45, 2.75) is 6.04 Å². The van der Waals surface area contributed by atoms with Crippen LogP contribution in [0.1, 0.15) is 17.2 Å². The number of hydrogen-bond acceptors (Lipinski definition) is 4. The highest BCUT2D eigenvalue weighted by atomic mass is 19.1. The summed E-state index contributed by atoms with van der Waals surface area (Å²) in [7, 11) is 1.52. The topological polar surface area (TPSA) is 66.8 Å². The van der Waals surface area contributed by atoms with Crippen molar-refractivity contribution >= 4 is 23.5 Å². The Hall–Kier alpha value is -4.19. The monoisotopic (exact) mass is 429 g/mol. The van der Waals surface area contributed by atoms with Crippen molar-refractivity contribution < 1.29 is 23.8 Å². The molecule has 0 fully saturated rings. The highest BCUT2D eigenvalue weighted by molar-refractivity contribution is 6.19. The SMILES string of the molecule is COc1ccc(N2C(=O)C(O)=C(C(=O)/C=C/c3ccccc3)[C@H]2c2ccccc2F)cc1. The minimum atomic E-state index is -1.12. The van der Waals surface area contributed by atoms with Crippen LogP contribution in [-0.2, 0) is 9.59 Å². The quantitative estimate of drug-likeness (QED) is 0.559. The number of allylic oxidation sites excluding steroid dienone is 1. The van der Waals surface area contributed by atoms with Crippen LogP contribution in [0.5, 0.6) is 5.75 Å². The van der Waals surface area contributed by atoms with Crippen LogP contribution in [0, 0.1) is 5.82 Å². The maximum absolute atomic E-state index is 14.8. The molecule has 6 heteroatoms. The Morgan fingerprint density at radius 1 is 1.00 bits per heavy atom. The van der Waals surface area contributed by atoms with Crippen LogP contribution in [0.2, 0.25) is 0 Å². The summed E-state index contributed by atoms with van der Waals surface area (Å²) < 4.78 is 20.0. The highest BCUT2D eigenvalue weighted by Crippen LogP contribution is 2.42. The molecule has 160 valence electrons. The number of amides is 1. The van der Waals surface area contributed by atoms with E-state index in [0.29, 0.717) is 11.4 Å². The van der Waals surface area contributed by atoms with Gasteiger partial charge in [0.25, 0.3) is 5.91 Å². The summed E-state index contributed by atoms with van der Waals surface area (Å²) in [4.78, 5) is 27.4. The summed E-state index contributed by atoms with van der Waals surface area (Å²) in [6.07, 6.45) is 2.86.